The highest BCUT2D eigenvalue weighted by Crippen LogP contribution is 2.54. The number of hydrogen-bond donors (Lipinski definition) is 2. The minimum atomic E-state index is -0.492. The third-order valence-electron chi connectivity index (χ3n) is 5.96. The Labute approximate surface area is 188 Å². The Hall–Kier alpha value is -2.71. The zero-order chi connectivity index (χ0) is 21.6. The van der Waals surface area contributed by atoms with Crippen molar-refractivity contribution in [3.8, 4) is 5.75 Å². The van der Waals surface area contributed by atoms with E-state index in [0.717, 1.165) is 53.8 Å². The SMILES string of the molecule is Cn1cncc1COc1cc(NSc2ccc(Cl)cc2F)cc2c1NC(=O)C21CCC1. The number of halogens is 2. The predicted octanol–water partition coefficient (Wildman–Crippen LogP) is 5.28. The van der Waals surface area contributed by atoms with Gasteiger partial charge in [0.05, 0.1) is 34.2 Å². The van der Waals surface area contributed by atoms with E-state index in [-0.39, 0.29) is 5.91 Å². The van der Waals surface area contributed by atoms with Gasteiger partial charge in [-0.2, -0.15) is 0 Å². The fraction of sp³-hybridized carbons (Fsp3) is 0.273. The Morgan fingerprint density at radius 2 is 2.19 bits per heavy atom. The number of benzene rings is 2. The molecule has 1 spiro atoms. The zero-order valence-electron chi connectivity index (χ0n) is 16.7. The molecule has 2 N–H and O–H groups in total. The number of hydrogen-bond acceptors (Lipinski definition) is 5. The van der Waals surface area contributed by atoms with E-state index in [0.29, 0.717) is 22.3 Å². The summed E-state index contributed by atoms with van der Waals surface area (Å²) < 4.78 is 25.3. The highest BCUT2D eigenvalue weighted by molar-refractivity contribution is 8.00. The van der Waals surface area contributed by atoms with Gasteiger partial charge in [-0.15, -0.1) is 0 Å². The molecule has 5 rings (SSSR count). The number of nitrogens with one attached hydrogen (secondary N) is 2. The number of ether oxygens (including phenoxy) is 1. The highest BCUT2D eigenvalue weighted by Gasteiger charge is 2.52. The van der Waals surface area contributed by atoms with Crippen LogP contribution in [-0.2, 0) is 23.9 Å². The summed E-state index contributed by atoms with van der Waals surface area (Å²) in [4.78, 5) is 17.3. The normalized spacial score (nSPS) is 16.0. The van der Waals surface area contributed by atoms with Crippen molar-refractivity contribution in [1.82, 2.24) is 9.55 Å². The number of rotatable bonds is 6. The second kappa shape index (κ2) is 7.76. The molecule has 0 radical (unpaired) electrons. The number of imidazole rings is 1. The van der Waals surface area contributed by atoms with Crippen LogP contribution < -0.4 is 14.8 Å². The molecule has 1 aliphatic carbocycles. The summed E-state index contributed by atoms with van der Waals surface area (Å²) in [6.07, 6.45) is 6.10. The smallest absolute Gasteiger partial charge is 0.235 e. The van der Waals surface area contributed by atoms with Crippen LogP contribution in [0.1, 0.15) is 30.5 Å². The first kappa shape index (κ1) is 20.2. The molecular weight excluding hydrogens is 439 g/mol. The van der Waals surface area contributed by atoms with Crippen LogP contribution in [0.5, 0.6) is 5.75 Å². The zero-order valence-corrected chi connectivity index (χ0v) is 18.3. The molecule has 1 fully saturated rings. The van der Waals surface area contributed by atoms with Crippen molar-refractivity contribution >= 4 is 40.8 Å². The van der Waals surface area contributed by atoms with E-state index in [2.05, 4.69) is 15.0 Å². The van der Waals surface area contributed by atoms with Gasteiger partial charge < -0.3 is 19.3 Å². The van der Waals surface area contributed by atoms with Gasteiger partial charge in [-0.25, -0.2) is 9.37 Å². The lowest BCUT2D eigenvalue weighted by molar-refractivity contribution is -0.123. The van der Waals surface area contributed by atoms with Crippen LogP contribution in [0.25, 0.3) is 0 Å². The predicted molar refractivity (Wildman–Crippen MR) is 119 cm³/mol. The summed E-state index contributed by atoms with van der Waals surface area (Å²) >= 11 is 6.99. The Bertz CT molecular complexity index is 1180. The summed E-state index contributed by atoms with van der Waals surface area (Å²) in [5.41, 5.74) is 2.81. The van der Waals surface area contributed by atoms with Crippen molar-refractivity contribution in [1.29, 1.82) is 0 Å². The molecule has 31 heavy (non-hydrogen) atoms. The van der Waals surface area contributed by atoms with Crippen LogP contribution in [0.3, 0.4) is 0 Å². The molecule has 1 aliphatic heterocycles. The average Bonchev–Trinajstić information content (AvgIpc) is 3.25. The van der Waals surface area contributed by atoms with Gasteiger partial charge in [0.15, 0.2) is 0 Å². The lowest BCUT2D eigenvalue weighted by atomic mass is 9.65. The first-order chi connectivity index (χ1) is 15.0. The molecule has 1 aromatic heterocycles. The van der Waals surface area contributed by atoms with Crippen molar-refractivity contribution < 1.29 is 13.9 Å². The van der Waals surface area contributed by atoms with Gasteiger partial charge in [0.1, 0.15) is 18.2 Å². The van der Waals surface area contributed by atoms with Gasteiger partial charge in [0.2, 0.25) is 5.91 Å². The molecule has 2 heterocycles. The lowest BCUT2D eigenvalue weighted by Crippen LogP contribution is -2.40. The molecule has 0 atom stereocenters. The maximum atomic E-state index is 14.2. The van der Waals surface area contributed by atoms with Crippen molar-refractivity contribution in [3.05, 3.63) is 65.0 Å². The van der Waals surface area contributed by atoms with Gasteiger partial charge in [-0.1, -0.05) is 18.0 Å². The second-order valence-electron chi connectivity index (χ2n) is 7.85. The van der Waals surface area contributed by atoms with Gasteiger partial charge in [-0.3, -0.25) is 4.79 Å². The van der Waals surface area contributed by atoms with E-state index in [9.17, 15) is 9.18 Å². The molecule has 3 aromatic rings. The second-order valence-corrected chi connectivity index (χ2v) is 9.13. The maximum Gasteiger partial charge on any atom is 0.235 e. The molecule has 0 unspecified atom stereocenters. The van der Waals surface area contributed by atoms with E-state index in [1.165, 1.54) is 6.07 Å². The molecule has 1 saturated carbocycles. The summed E-state index contributed by atoms with van der Waals surface area (Å²) in [6.45, 7) is 0.314. The van der Waals surface area contributed by atoms with Crippen molar-refractivity contribution in [2.24, 2.45) is 7.05 Å². The first-order valence-corrected chi connectivity index (χ1v) is 11.1. The summed E-state index contributed by atoms with van der Waals surface area (Å²) in [5, 5.41) is 3.37. The topological polar surface area (TPSA) is 68.2 Å². The Balaban J connectivity index is 1.45. The van der Waals surface area contributed by atoms with E-state index in [4.69, 9.17) is 16.3 Å². The minimum Gasteiger partial charge on any atom is -0.485 e. The number of anilines is 2. The number of carbonyl (C=O) groups excluding carboxylic acids is 1. The summed E-state index contributed by atoms with van der Waals surface area (Å²) in [7, 11) is 1.90. The van der Waals surface area contributed by atoms with Crippen molar-refractivity contribution in [2.75, 3.05) is 10.0 Å². The molecule has 9 heteroatoms. The number of fused-ring (bicyclic) bond motifs is 2. The number of aryl methyl sites for hydroxylation is 1. The Kier molecular flexibility index (Phi) is 5.06. The largest absolute Gasteiger partial charge is 0.485 e. The van der Waals surface area contributed by atoms with Crippen molar-refractivity contribution in [3.63, 3.8) is 0 Å². The van der Waals surface area contributed by atoms with Gasteiger partial charge in [0.25, 0.3) is 0 Å². The number of amides is 1. The van der Waals surface area contributed by atoms with Gasteiger partial charge >= 0.3 is 0 Å². The molecule has 1 amide bonds. The fourth-order valence-corrected chi connectivity index (χ4v) is 4.82. The maximum absolute atomic E-state index is 14.2. The Morgan fingerprint density at radius 3 is 2.87 bits per heavy atom. The molecule has 2 aliphatic rings. The third kappa shape index (κ3) is 3.53. The molecule has 0 saturated heterocycles. The van der Waals surface area contributed by atoms with E-state index >= 15 is 0 Å². The molecular formula is C22H20ClFN4O2S. The fourth-order valence-electron chi connectivity index (χ4n) is 4.02. The van der Waals surface area contributed by atoms with Crippen LogP contribution in [-0.4, -0.2) is 15.5 Å². The van der Waals surface area contributed by atoms with E-state index in [1.807, 2.05) is 23.7 Å². The number of aromatic nitrogens is 2. The molecule has 0 bridgehead atoms. The third-order valence-corrected chi connectivity index (χ3v) is 7.09. The van der Waals surface area contributed by atoms with E-state index in [1.54, 1.807) is 24.7 Å². The molecule has 2 aromatic carbocycles. The molecule has 160 valence electrons. The number of nitrogens with zero attached hydrogens (tertiary/aromatic N) is 2. The Morgan fingerprint density at radius 1 is 1.35 bits per heavy atom. The monoisotopic (exact) mass is 458 g/mol. The highest BCUT2D eigenvalue weighted by atomic mass is 35.5. The van der Waals surface area contributed by atoms with Crippen molar-refractivity contribution in [2.45, 2.75) is 36.2 Å². The minimum absolute atomic E-state index is 0.0210. The average molecular weight is 459 g/mol. The van der Waals surface area contributed by atoms with E-state index < -0.39 is 11.2 Å². The number of carbonyl (C=O) groups is 1. The summed E-state index contributed by atoms with van der Waals surface area (Å²) in [5.74, 6) is 0.203. The van der Waals surface area contributed by atoms with Gasteiger partial charge in [-0.05, 0) is 54.6 Å². The van der Waals surface area contributed by atoms with Gasteiger partial charge in [0, 0.05) is 23.8 Å². The quantitative estimate of drug-likeness (QED) is 0.491. The lowest BCUT2D eigenvalue weighted by Gasteiger charge is -2.36. The van der Waals surface area contributed by atoms with Crippen LogP contribution in [0, 0.1) is 5.82 Å². The van der Waals surface area contributed by atoms with Crippen LogP contribution >= 0.6 is 23.5 Å². The van der Waals surface area contributed by atoms with Crippen LogP contribution in [0.15, 0.2) is 47.8 Å². The summed E-state index contributed by atoms with van der Waals surface area (Å²) in [6, 6.07) is 8.34. The first-order valence-electron chi connectivity index (χ1n) is 9.92. The molecule has 6 nitrogen and oxygen atoms in total. The van der Waals surface area contributed by atoms with Crippen LogP contribution in [0.2, 0.25) is 5.02 Å². The standard InChI is InChI=1S/C22H20ClFN4O2S/c1-28-12-25-10-15(28)11-30-18-9-14(27-31-19-4-3-13(23)7-17(19)24)8-16-20(18)26-21(29)22(16)5-2-6-22/h3-4,7-10,12,27H,2,5-6,11H2,1H3,(H,26,29). The van der Waals surface area contributed by atoms with Crippen LogP contribution in [0.4, 0.5) is 15.8 Å².